The fraction of sp³-hybridized carbons (Fsp3) is 0.615. The molecule has 178 valence electrons. The van der Waals surface area contributed by atoms with Crippen LogP contribution in [0.1, 0.15) is 76.7 Å². The summed E-state index contributed by atoms with van der Waals surface area (Å²) >= 11 is 0. The average Bonchev–Trinajstić information content (AvgIpc) is 2.96. The number of ketones is 1. The number of carbonyl (C=O) groups excluding carboxylic acids is 3. The number of nitrogens with zero attached hydrogens (tertiary/aromatic N) is 3. The van der Waals surface area contributed by atoms with Crippen LogP contribution in [-0.4, -0.2) is 48.2 Å². The number of para-hydroxylation sites is 1. The monoisotopic (exact) mass is 453 g/mol. The second-order valence-corrected chi connectivity index (χ2v) is 9.37. The number of esters is 1. The molecule has 1 aromatic carbocycles. The third-order valence-electron chi connectivity index (χ3n) is 7.10. The second-order valence-electron chi connectivity index (χ2n) is 9.37. The molecule has 7 nitrogen and oxygen atoms in total. The number of amides is 2. The fourth-order valence-corrected chi connectivity index (χ4v) is 5.37. The molecule has 0 N–H and O–H groups in total. The van der Waals surface area contributed by atoms with E-state index in [0.717, 1.165) is 62.6 Å². The molecule has 2 saturated carbocycles. The topological polar surface area (TPSA) is 79.3 Å². The van der Waals surface area contributed by atoms with Crippen LogP contribution in [0.2, 0.25) is 0 Å². The van der Waals surface area contributed by atoms with Gasteiger partial charge in [0.05, 0.1) is 24.6 Å². The van der Waals surface area contributed by atoms with Gasteiger partial charge in [-0.1, -0.05) is 56.7 Å². The van der Waals surface area contributed by atoms with Gasteiger partial charge in [-0.2, -0.15) is 5.10 Å². The fourth-order valence-electron chi connectivity index (χ4n) is 5.37. The first-order chi connectivity index (χ1) is 16.1. The summed E-state index contributed by atoms with van der Waals surface area (Å²) in [6.07, 6.45) is 10.5. The highest BCUT2D eigenvalue weighted by Gasteiger charge is 2.36. The van der Waals surface area contributed by atoms with E-state index in [-0.39, 0.29) is 37.3 Å². The second kappa shape index (κ2) is 10.9. The Morgan fingerprint density at radius 2 is 1.64 bits per heavy atom. The molecular formula is C26H35N3O4. The highest BCUT2D eigenvalue weighted by Crippen LogP contribution is 2.34. The quantitative estimate of drug-likeness (QED) is 0.549. The number of carbonyl (C=O) groups is 3. The summed E-state index contributed by atoms with van der Waals surface area (Å²) in [5.74, 6) is -0.178. The largest absolute Gasteiger partial charge is 0.465 e. The molecule has 2 aliphatic carbocycles. The van der Waals surface area contributed by atoms with Crippen LogP contribution < -0.4 is 4.90 Å². The van der Waals surface area contributed by atoms with Gasteiger partial charge in [-0.25, -0.2) is 9.80 Å². The molecule has 0 radical (unpaired) electrons. The Morgan fingerprint density at radius 3 is 2.33 bits per heavy atom. The summed E-state index contributed by atoms with van der Waals surface area (Å²) in [5.41, 5.74) is 2.44. The third-order valence-corrected chi connectivity index (χ3v) is 7.10. The molecule has 0 aromatic heterocycles. The molecule has 7 heteroatoms. The minimum Gasteiger partial charge on any atom is -0.465 e. The van der Waals surface area contributed by atoms with Crippen molar-refractivity contribution in [2.75, 3.05) is 24.6 Å². The van der Waals surface area contributed by atoms with E-state index in [1.807, 2.05) is 24.3 Å². The molecule has 2 fully saturated rings. The van der Waals surface area contributed by atoms with Crippen LogP contribution in [0.15, 0.2) is 29.4 Å². The summed E-state index contributed by atoms with van der Waals surface area (Å²) in [6, 6.07) is 7.29. The van der Waals surface area contributed by atoms with E-state index in [2.05, 4.69) is 0 Å². The third kappa shape index (κ3) is 5.45. The zero-order valence-corrected chi connectivity index (χ0v) is 19.6. The molecule has 1 aliphatic heterocycles. The number of urea groups is 1. The molecule has 4 rings (SSSR count). The Morgan fingerprint density at radius 1 is 0.970 bits per heavy atom. The van der Waals surface area contributed by atoms with Gasteiger partial charge < -0.3 is 4.74 Å². The lowest BCUT2D eigenvalue weighted by molar-refractivity contribution is -0.143. The van der Waals surface area contributed by atoms with Gasteiger partial charge in [-0.15, -0.1) is 0 Å². The van der Waals surface area contributed by atoms with E-state index >= 15 is 0 Å². The standard InChI is InChI=1S/C26H35N3O4/c1-2-33-24(31)18-29-26(32)28(17-23(30)19-11-5-3-6-12-19)22-16-10-9-15-21(22)25(27-29)20-13-7-4-8-14-20/h9-10,15-16,19-20H,2-8,11-14,17-18H2,1H3. The normalized spacial score (nSPS) is 20.2. The predicted octanol–water partition coefficient (Wildman–Crippen LogP) is 4.93. The number of benzene rings is 1. The Bertz CT molecular complexity index is 901. The van der Waals surface area contributed by atoms with Gasteiger partial charge in [0, 0.05) is 17.4 Å². The molecule has 33 heavy (non-hydrogen) atoms. The lowest BCUT2D eigenvalue weighted by Gasteiger charge is -2.28. The Kier molecular flexibility index (Phi) is 7.78. The van der Waals surface area contributed by atoms with Gasteiger partial charge >= 0.3 is 12.0 Å². The predicted molar refractivity (Wildman–Crippen MR) is 127 cm³/mol. The lowest BCUT2D eigenvalue weighted by atomic mass is 9.82. The van der Waals surface area contributed by atoms with Gasteiger partial charge in [0.25, 0.3) is 0 Å². The molecule has 0 spiro atoms. The SMILES string of the molecule is CCOC(=O)CN1N=C(C2CCCCC2)c2ccccc2N(CC(=O)C2CCCCC2)C1=O. The van der Waals surface area contributed by atoms with Crippen molar-refractivity contribution < 1.29 is 19.1 Å². The minimum atomic E-state index is -0.498. The van der Waals surface area contributed by atoms with Gasteiger partial charge in [0.15, 0.2) is 5.78 Å². The molecular weight excluding hydrogens is 418 g/mol. The first-order valence-electron chi connectivity index (χ1n) is 12.5. The van der Waals surface area contributed by atoms with Crippen molar-refractivity contribution in [2.24, 2.45) is 16.9 Å². The van der Waals surface area contributed by atoms with Crippen LogP contribution in [-0.2, 0) is 14.3 Å². The van der Waals surface area contributed by atoms with E-state index in [0.29, 0.717) is 5.69 Å². The molecule has 2 amide bonds. The van der Waals surface area contributed by atoms with Crippen molar-refractivity contribution in [1.82, 2.24) is 5.01 Å². The summed E-state index contributed by atoms with van der Waals surface area (Å²) in [4.78, 5) is 40.7. The molecule has 0 unspecified atom stereocenters. The number of fused-ring (bicyclic) bond motifs is 1. The summed E-state index contributed by atoms with van der Waals surface area (Å²) < 4.78 is 5.12. The highest BCUT2D eigenvalue weighted by atomic mass is 16.5. The van der Waals surface area contributed by atoms with Gasteiger partial charge in [-0.05, 0) is 38.7 Å². The van der Waals surface area contributed by atoms with E-state index in [4.69, 9.17) is 9.84 Å². The van der Waals surface area contributed by atoms with Crippen LogP contribution >= 0.6 is 0 Å². The number of hydrazone groups is 1. The van der Waals surface area contributed by atoms with E-state index < -0.39 is 12.0 Å². The van der Waals surface area contributed by atoms with Crippen LogP contribution in [0.4, 0.5) is 10.5 Å². The number of hydrogen-bond acceptors (Lipinski definition) is 5. The Labute approximate surface area is 196 Å². The van der Waals surface area contributed by atoms with Gasteiger partial charge in [0.2, 0.25) is 0 Å². The van der Waals surface area contributed by atoms with Gasteiger partial charge in [-0.3, -0.25) is 14.5 Å². The van der Waals surface area contributed by atoms with Crippen LogP contribution in [0.3, 0.4) is 0 Å². The maximum absolute atomic E-state index is 13.7. The minimum absolute atomic E-state index is 0.000736. The zero-order chi connectivity index (χ0) is 23.2. The lowest BCUT2D eigenvalue weighted by Crippen LogP contribution is -2.46. The molecule has 0 saturated heterocycles. The average molecular weight is 454 g/mol. The van der Waals surface area contributed by atoms with Crippen LogP contribution in [0, 0.1) is 11.8 Å². The molecule has 1 heterocycles. The van der Waals surface area contributed by atoms with Gasteiger partial charge in [0.1, 0.15) is 6.54 Å². The van der Waals surface area contributed by atoms with Crippen molar-refractivity contribution in [3.63, 3.8) is 0 Å². The number of ether oxygens (including phenoxy) is 1. The maximum Gasteiger partial charge on any atom is 0.345 e. The number of anilines is 1. The molecule has 0 bridgehead atoms. The Hall–Kier alpha value is -2.70. The van der Waals surface area contributed by atoms with Crippen molar-refractivity contribution in [3.8, 4) is 0 Å². The smallest absolute Gasteiger partial charge is 0.345 e. The molecule has 3 aliphatic rings. The van der Waals surface area contributed by atoms with E-state index in [1.54, 1.807) is 6.92 Å². The zero-order valence-electron chi connectivity index (χ0n) is 19.6. The summed E-state index contributed by atoms with van der Waals surface area (Å²) in [5, 5.41) is 5.98. The summed E-state index contributed by atoms with van der Waals surface area (Å²) in [7, 11) is 0. The molecule has 0 atom stereocenters. The van der Waals surface area contributed by atoms with Crippen LogP contribution in [0.25, 0.3) is 0 Å². The van der Waals surface area contributed by atoms with E-state index in [9.17, 15) is 14.4 Å². The number of rotatable bonds is 7. The van der Waals surface area contributed by atoms with Crippen LogP contribution in [0.5, 0.6) is 0 Å². The van der Waals surface area contributed by atoms with Crippen molar-refractivity contribution >= 4 is 29.2 Å². The van der Waals surface area contributed by atoms with Crippen molar-refractivity contribution in [2.45, 2.75) is 71.1 Å². The first-order valence-corrected chi connectivity index (χ1v) is 12.5. The Balaban J connectivity index is 1.70. The first kappa shape index (κ1) is 23.5. The number of hydrogen-bond donors (Lipinski definition) is 0. The van der Waals surface area contributed by atoms with E-state index in [1.165, 1.54) is 22.8 Å². The summed E-state index contributed by atoms with van der Waals surface area (Å²) in [6.45, 7) is 1.73. The maximum atomic E-state index is 13.7. The number of Topliss-reactive ketones (excluding diaryl/α,β-unsaturated/α-hetero) is 1. The highest BCUT2D eigenvalue weighted by molar-refractivity contribution is 6.13. The molecule has 1 aromatic rings. The van der Waals surface area contributed by atoms with Crippen molar-refractivity contribution in [1.29, 1.82) is 0 Å². The van der Waals surface area contributed by atoms with Crippen molar-refractivity contribution in [3.05, 3.63) is 29.8 Å².